The third-order valence-electron chi connectivity index (χ3n) is 6.98. The molecule has 2 atom stereocenters. The Hall–Kier alpha value is -3.02. The highest BCUT2D eigenvalue weighted by atomic mass is 19.1. The number of halogens is 2. The van der Waals surface area contributed by atoms with Gasteiger partial charge in [0.05, 0.1) is 18.1 Å². The van der Waals surface area contributed by atoms with Crippen molar-refractivity contribution in [3.05, 3.63) is 70.7 Å². The Labute approximate surface area is 202 Å². The molecule has 0 saturated heterocycles. The Bertz CT molecular complexity index is 1160. The van der Waals surface area contributed by atoms with Crippen LogP contribution in [0.5, 0.6) is 0 Å². The Kier molecular flexibility index (Phi) is 7.29. The van der Waals surface area contributed by atoms with E-state index in [-0.39, 0.29) is 23.9 Å². The molecule has 3 rings (SSSR count). The average Bonchev–Trinajstić information content (AvgIpc) is 2.98. The van der Waals surface area contributed by atoms with Crippen molar-refractivity contribution in [3.63, 3.8) is 0 Å². The van der Waals surface area contributed by atoms with Crippen molar-refractivity contribution in [1.29, 1.82) is 0 Å². The molecule has 182 valence electrons. The highest BCUT2D eigenvalue weighted by Gasteiger charge is 2.33. The summed E-state index contributed by atoms with van der Waals surface area (Å²) in [5.74, 6) is -0.261. The molecule has 0 aliphatic carbocycles. The molecule has 2 N–H and O–H groups in total. The number of hydrogen-bond acceptors (Lipinski definition) is 3. The lowest BCUT2D eigenvalue weighted by atomic mass is 9.86. The van der Waals surface area contributed by atoms with Crippen LogP contribution in [0.2, 0.25) is 0 Å². The van der Waals surface area contributed by atoms with E-state index >= 15 is 8.78 Å². The highest BCUT2D eigenvalue weighted by molar-refractivity contribution is 6.06. The number of nitrogens with two attached hydrogens (primary N) is 1. The van der Waals surface area contributed by atoms with Crippen molar-refractivity contribution in [2.45, 2.75) is 66.1 Å². The number of alkyl halides is 1. The Morgan fingerprint density at radius 1 is 1.29 bits per heavy atom. The SMILES string of the molecule is C=C1C(C)c2cc(N=C(C)N)c(C(CC)=NCc3cccc(C(C)(F)C(C)C)c3F)cc2N1C. The molecule has 0 aromatic heterocycles. The van der Waals surface area contributed by atoms with Crippen molar-refractivity contribution < 1.29 is 8.78 Å². The van der Waals surface area contributed by atoms with Gasteiger partial charge in [0, 0.05) is 46.8 Å². The number of nitrogens with zero attached hydrogens (tertiary/aromatic N) is 3. The maximum absolute atomic E-state index is 15.3. The number of benzene rings is 2. The van der Waals surface area contributed by atoms with Gasteiger partial charge in [-0.15, -0.1) is 0 Å². The smallest absolute Gasteiger partial charge is 0.138 e. The zero-order chi connectivity index (χ0) is 25.4. The largest absolute Gasteiger partial charge is 0.387 e. The summed E-state index contributed by atoms with van der Waals surface area (Å²) < 4.78 is 30.5. The zero-order valence-corrected chi connectivity index (χ0v) is 21.3. The first-order chi connectivity index (χ1) is 15.9. The second kappa shape index (κ2) is 9.69. The fourth-order valence-corrected chi connectivity index (χ4v) is 4.33. The van der Waals surface area contributed by atoms with E-state index in [1.165, 1.54) is 13.0 Å². The molecule has 4 nitrogen and oxygen atoms in total. The quantitative estimate of drug-likeness (QED) is 0.348. The standard InChI is InChI=1S/C28H36F2N4/c1-9-24(32-15-20-11-10-12-23(27(20)29)28(7,30)16(2)3)22-14-26-21(13-25(22)33-19(6)31)17(4)18(5)34(26)8/h10-14,16-17H,5,9,15H2,1-4,6-8H3,(H2,31,33). The summed E-state index contributed by atoms with van der Waals surface area (Å²) in [6.45, 7) is 15.1. The molecular formula is C28H36F2N4. The van der Waals surface area contributed by atoms with Gasteiger partial charge in [-0.05, 0) is 43.9 Å². The van der Waals surface area contributed by atoms with Gasteiger partial charge in [-0.25, -0.2) is 13.8 Å². The molecule has 1 aliphatic heterocycles. The first-order valence-corrected chi connectivity index (χ1v) is 11.8. The van der Waals surface area contributed by atoms with Crippen LogP contribution >= 0.6 is 0 Å². The van der Waals surface area contributed by atoms with E-state index in [1.807, 2.05) is 20.0 Å². The number of aliphatic imine (C=N–C) groups is 2. The second-order valence-corrected chi connectivity index (χ2v) is 9.58. The molecule has 2 unspecified atom stereocenters. The third-order valence-corrected chi connectivity index (χ3v) is 6.98. The minimum absolute atomic E-state index is 0.0731. The van der Waals surface area contributed by atoms with Crippen LogP contribution in [0, 0.1) is 11.7 Å². The maximum atomic E-state index is 15.3. The van der Waals surface area contributed by atoms with Crippen molar-refractivity contribution in [2.24, 2.45) is 21.6 Å². The van der Waals surface area contributed by atoms with Gasteiger partial charge in [0.2, 0.25) is 0 Å². The van der Waals surface area contributed by atoms with Crippen LogP contribution in [0.4, 0.5) is 20.2 Å². The normalized spacial score (nSPS) is 18.5. The van der Waals surface area contributed by atoms with Gasteiger partial charge in [0.1, 0.15) is 11.5 Å². The minimum atomic E-state index is -1.76. The fraction of sp³-hybridized carbons (Fsp3) is 0.429. The van der Waals surface area contributed by atoms with Crippen LogP contribution in [-0.4, -0.2) is 18.6 Å². The first-order valence-electron chi connectivity index (χ1n) is 11.8. The summed E-state index contributed by atoms with van der Waals surface area (Å²) in [7, 11) is 2.00. The molecule has 0 amide bonds. The van der Waals surface area contributed by atoms with Crippen molar-refractivity contribution in [2.75, 3.05) is 11.9 Å². The van der Waals surface area contributed by atoms with Gasteiger partial charge >= 0.3 is 0 Å². The lowest BCUT2D eigenvalue weighted by Crippen LogP contribution is -2.24. The fourth-order valence-electron chi connectivity index (χ4n) is 4.33. The van der Waals surface area contributed by atoms with Crippen LogP contribution < -0.4 is 10.6 Å². The van der Waals surface area contributed by atoms with Gasteiger partial charge in [0.15, 0.2) is 0 Å². The summed E-state index contributed by atoms with van der Waals surface area (Å²) >= 11 is 0. The lowest BCUT2D eigenvalue weighted by molar-refractivity contribution is 0.118. The molecule has 2 aromatic carbocycles. The summed E-state index contributed by atoms with van der Waals surface area (Å²) in [5, 5.41) is 0. The van der Waals surface area contributed by atoms with Crippen molar-refractivity contribution in [1.82, 2.24) is 0 Å². The average molecular weight is 467 g/mol. The van der Waals surface area contributed by atoms with Gasteiger partial charge in [-0.3, -0.25) is 4.99 Å². The van der Waals surface area contributed by atoms with Gasteiger partial charge in [-0.1, -0.05) is 52.5 Å². The summed E-state index contributed by atoms with van der Waals surface area (Å²) in [6, 6.07) is 8.99. The predicted octanol–water partition coefficient (Wildman–Crippen LogP) is 7.14. The van der Waals surface area contributed by atoms with Crippen LogP contribution in [0.3, 0.4) is 0 Å². The molecular weight excluding hydrogens is 430 g/mol. The summed E-state index contributed by atoms with van der Waals surface area (Å²) in [5.41, 5.74) is 10.2. The summed E-state index contributed by atoms with van der Waals surface area (Å²) in [6.07, 6.45) is 0.624. The maximum Gasteiger partial charge on any atom is 0.138 e. The van der Waals surface area contributed by atoms with Gasteiger partial charge < -0.3 is 10.6 Å². The molecule has 0 bridgehead atoms. The van der Waals surface area contributed by atoms with E-state index in [2.05, 4.69) is 29.5 Å². The first kappa shape index (κ1) is 25.6. The number of allylic oxidation sites excluding steroid dienone is 1. The third kappa shape index (κ3) is 4.63. The van der Waals surface area contributed by atoms with Gasteiger partial charge in [-0.2, -0.15) is 0 Å². The number of amidine groups is 1. The van der Waals surface area contributed by atoms with Crippen LogP contribution in [-0.2, 0) is 12.2 Å². The molecule has 34 heavy (non-hydrogen) atoms. The number of hydrogen-bond donors (Lipinski definition) is 1. The zero-order valence-electron chi connectivity index (χ0n) is 21.3. The molecule has 6 heteroatoms. The van der Waals surface area contributed by atoms with Crippen LogP contribution in [0.15, 0.2) is 52.6 Å². The van der Waals surface area contributed by atoms with E-state index in [1.54, 1.807) is 32.9 Å². The van der Waals surface area contributed by atoms with E-state index in [0.717, 1.165) is 33.9 Å². The Morgan fingerprint density at radius 2 is 1.97 bits per heavy atom. The van der Waals surface area contributed by atoms with E-state index in [9.17, 15) is 0 Å². The Balaban J connectivity index is 2.08. The Morgan fingerprint density at radius 3 is 2.56 bits per heavy atom. The molecule has 1 aliphatic rings. The van der Waals surface area contributed by atoms with Crippen LogP contribution in [0.25, 0.3) is 0 Å². The molecule has 0 radical (unpaired) electrons. The minimum Gasteiger partial charge on any atom is -0.387 e. The molecule has 0 saturated carbocycles. The molecule has 0 spiro atoms. The molecule has 1 heterocycles. The molecule has 0 fully saturated rings. The van der Waals surface area contributed by atoms with Crippen molar-refractivity contribution >= 4 is 22.9 Å². The molecule has 2 aromatic rings. The van der Waals surface area contributed by atoms with Crippen molar-refractivity contribution in [3.8, 4) is 0 Å². The highest BCUT2D eigenvalue weighted by Crippen LogP contribution is 2.45. The lowest BCUT2D eigenvalue weighted by Gasteiger charge is -2.26. The monoisotopic (exact) mass is 466 g/mol. The topological polar surface area (TPSA) is 54.0 Å². The van der Waals surface area contributed by atoms with Crippen LogP contribution in [0.1, 0.15) is 76.1 Å². The predicted molar refractivity (Wildman–Crippen MR) is 140 cm³/mol. The van der Waals surface area contributed by atoms with E-state index in [4.69, 9.17) is 10.7 Å². The second-order valence-electron chi connectivity index (χ2n) is 9.58. The van der Waals surface area contributed by atoms with E-state index < -0.39 is 11.5 Å². The number of likely N-dealkylation sites (N-methyl/N-ethyl adjacent to an activating group) is 1. The van der Waals surface area contributed by atoms with E-state index in [0.29, 0.717) is 17.8 Å². The number of anilines is 1. The number of rotatable bonds is 7. The number of fused-ring (bicyclic) bond motifs is 1. The summed E-state index contributed by atoms with van der Waals surface area (Å²) in [4.78, 5) is 11.4. The van der Waals surface area contributed by atoms with Gasteiger partial charge in [0.25, 0.3) is 0 Å².